The average molecular weight is 255 g/mol. The molecule has 4 nitrogen and oxygen atoms in total. The number of hydrogen-bond donors (Lipinski definition) is 1. The van der Waals surface area contributed by atoms with Crippen molar-refractivity contribution in [3.63, 3.8) is 0 Å². The summed E-state index contributed by atoms with van der Waals surface area (Å²) in [5, 5.41) is 2.91. The lowest BCUT2D eigenvalue weighted by Crippen LogP contribution is -2.32. The van der Waals surface area contributed by atoms with Gasteiger partial charge in [0.2, 0.25) is 5.91 Å². The number of aromatic nitrogens is 1. The van der Waals surface area contributed by atoms with E-state index in [1.54, 1.807) is 12.4 Å². The molecule has 0 saturated heterocycles. The molecule has 2 aromatic rings. The van der Waals surface area contributed by atoms with Crippen molar-refractivity contribution in [2.24, 2.45) is 0 Å². The number of rotatable bonds is 4. The fourth-order valence-corrected chi connectivity index (χ4v) is 1.95. The zero-order valence-corrected chi connectivity index (χ0v) is 11.1. The number of benzene rings is 1. The van der Waals surface area contributed by atoms with E-state index in [-0.39, 0.29) is 11.9 Å². The molecule has 2 rings (SSSR count). The minimum Gasteiger partial charge on any atom is -0.324 e. The SMILES string of the molecule is CN(C)C(C(=O)Nc1ccccc1)c1cccnc1. The molecule has 0 bridgehead atoms. The second-order valence-electron chi connectivity index (χ2n) is 4.51. The number of hydrogen-bond acceptors (Lipinski definition) is 3. The molecule has 0 radical (unpaired) electrons. The first kappa shape index (κ1) is 13.2. The first-order valence-electron chi connectivity index (χ1n) is 6.11. The summed E-state index contributed by atoms with van der Waals surface area (Å²) in [5.41, 5.74) is 1.67. The fourth-order valence-electron chi connectivity index (χ4n) is 1.95. The van der Waals surface area contributed by atoms with Crippen LogP contribution in [0.1, 0.15) is 11.6 Å². The highest BCUT2D eigenvalue weighted by molar-refractivity contribution is 5.95. The number of pyridine rings is 1. The van der Waals surface area contributed by atoms with Crippen molar-refractivity contribution in [3.8, 4) is 0 Å². The van der Waals surface area contributed by atoms with Crippen molar-refractivity contribution in [3.05, 3.63) is 60.4 Å². The third-order valence-electron chi connectivity index (χ3n) is 2.81. The van der Waals surface area contributed by atoms with Crippen molar-refractivity contribution >= 4 is 11.6 Å². The van der Waals surface area contributed by atoms with Crippen LogP contribution in [0.2, 0.25) is 0 Å². The van der Waals surface area contributed by atoms with E-state index < -0.39 is 0 Å². The van der Waals surface area contributed by atoms with Crippen LogP contribution in [0.4, 0.5) is 5.69 Å². The minimum absolute atomic E-state index is 0.0656. The molecule has 1 amide bonds. The maximum Gasteiger partial charge on any atom is 0.246 e. The highest BCUT2D eigenvalue weighted by Gasteiger charge is 2.22. The average Bonchev–Trinajstić information content (AvgIpc) is 2.40. The number of nitrogens with zero attached hydrogens (tertiary/aromatic N) is 2. The number of carbonyl (C=O) groups excluding carboxylic acids is 1. The number of carbonyl (C=O) groups is 1. The molecule has 0 saturated carbocycles. The molecule has 1 unspecified atom stereocenters. The van der Waals surface area contributed by atoms with Crippen LogP contribution in [0.15, 0.2) is 54.9 Å². The van der Waals surface area contributed by atoms with Gasteiger partial charge in [0.05, 0.1) is 0 Å². The molecule has 1 atom stereocenters. The maximum atomic E-state index is 12.4. The molecule has 1 heterocycles. The lowest BCUT2D eigenvalue weighted by atomic mass is 10.1. The lowest BCUT2D eigenvalue weighted by Gasteiger charge is -2.23. The van der Waals surface area contributed by atoms with Gasteiger partial charge < -0.3 is 5.32 Å². The molecule has 0 spiro atoms. The Hall–Kier alpha value is -2.20. The first-order chi connectivity index (χ1) is 9.18. The van der Waals surface area contributed by atoms with Crippen LogP contribution in [-0.4, -0.2) is 29.9 Å². The van der Waals surface area contributed by atoms with E-state index in [4.69, 9.17) is 0 Å². The van der Waals surface area contributed by atoms with E-state index in [1.165, 1.54) is 0 Å². The Bertz CT molecular complexity index is 526. The largest absolute Gasteiger partial charge is 0.324 e. The Balaban J connectivity index is 2.19. The summed E-state index contributed by atoms with van der Waals surface area (Å²) in [6.07, 6.45) is 3.42. The van der Waals surface area contributed by atoms with Gasteiger partial charge in [0, 0.05) is 18.1 Å². The predicted octanol–water partition coefficient (Wildman–Crippen LogP) is 2.32. The maximum absolute atomic E-state index is 12.4. The van der Waals surface area contributed by atoms with Crippen LogP contribution in [0, 0.1) is 0 Å². The lowest BCUT2D eigenvalue weighted by molar-refractivity contribution is -0.120. The van der Waals surface area contributed by atoms with Gasteiger partial charge >= 0.3 is 0 Å². The van der Waals surface area contributed by atoms with Crippen molar-refractivity contribution in [2.75, 3.05) is 19.4 Å². The van der Waals surface area contributed by atoms with Crippen LogP contribution in [0.3, 0.4) is 0 Å². The van der Waals surface area contributed by atoms with Crippen molar-refractivity contribution in [1.82, 2.24) is 9.88 Å². The van der Waals surface area contributed by atoms with Crippen LogP contribution in [-0.2, 0) is 4.79 Å². The van der Waals surface area contributed by atoms with Gasteiger partial charge in [-0.3, -0.25) is 14.7 Å². The van der Waals surface area contributed by atoms with Crippen LogP contribution < -0.4 is 5.32 Å². The summed E-state index contributed by atoms with van der Waals surface area (Å²) < 4.78 is 0. The Morgan fingerprint density at radius 3 is 2.47 bits per heavy atom. The van der Waals surface area contributed by atoms with Gasteiger partial charge in [-0.05, 0) is 37.9 Å². The summed E-state index contributed by atoms with van der Waals surface area (Å²) in [7, 11) is 3.75. The monoisotopic (exact) mass is 255 g/mol. The number of anilines is 1. The van der Waals surface area contributed by atoms with E-state index in [1.807, 2.05) is 61.5 Å². The van der Waals surface area contributed by atoms with Gasteiger partial charge in [0.25, 0.3) is 0 Å². The van der Waals surface area contributed by atoms with E-state index in [2.05, 4.69) is 10.3 Å². The second kappa shape index (κ2) is 6.11. The number of amides is 1. The molecule has 0 aliphatic heterocycles. The zero-order valence-electron chi connectivity index (χ0n) is 11.1. The Morgan fingerprint density at radius 1 is 1.16 bits per heavy atom. The summed E-state index contributed by atoms with van der Waals surface area (Å²) in [5.74, 6) is -0.0656. The van der Waals surface area contributed by atoms with Gasteiger partial charge in [-0.15, -0.1) is 0 Å². The third-order valence-corrected chi connectivity index (χ3v) is 2.81. The minimum atomic E-state index is -0.353. The van der Waals surface area contributed by atoms with E-state index in [0.29, 0.717) is 0 Å². The quantitative estimate of drug-likeness (QED) is 0.912. The molecule has 19 heavy (non-hydrogen) atoms. The van der Waals surface area contributed by atoms with Gasteiger partial charge in [-0.2, -0.15) is 0 Å². The number of likely N-dealkylation sites (N-methyl/N-ethyl adjacent to an activating group) is 1. The van der Waals surface area contributed by atoms with Crippen LogP contribution in [0.25, 0.3) is 0 Å². The van der Waals surface area contributed by atoms with Crippen LogP contribution in [0.5, 0.6) is 0 Å². The Labute approximate surface area is 113 Å². The molecule has 1 N–H and O–H groups in total. The van der Waals surface area contributed by atoms with Crippen molar-refractivity contribution < 1.29 is 4.79 Å². The third kappa shape index (κ3) is 3.39. The standard InChI is InChI=1S/C15H17N3O/c1-18(2)14(12-7-6-10-16-11-12)15(19)17-13-8-4-3-5-9-13/h3-11,14H,1-2H3,(H,17,19). The summed E-state index contributed by atoms with van der Waals surface area (Å²) in [6.45, 7) is 0. The first-order valence-corrected chi connectivity index (χ1v) is 6.11. The van der Waals surface area contributed by atoms with E-state index in [0.717, 1.165) is 11.3 Å². The summed E-state index contributed by atoms with van der Waals surface area (Å²) in [6, 6.07) is 12.8. The molecular formula is C15H17N3O. The van der Waals surface area contributed by atoms with Crippen LogP contribution >= 0.6 is 0 Å². The van der Waals surface area contributed by atoms with Crippen molar-refractivity contribution in [1.29, 1.82) is 0 Å². The van der Waals surface area contributed by atoms with Gasteiger partial charge in [-0.1, -0.05) is 24.3 Å². The molecule has 0 aliphatic rings. The number of nitrogens with one attached hydrogen (secondary N) is 1. The molecular weight excluding hydrogens is 238 g/mol. The summed E-state index contributed by atoms with van der Waals surface area (Å²) in [4.78, 5) is 18.3. The summed E-state index contributed by atoms with van der Waals surface area (Å²) >= 11 is 0. The Kier molecular flexibility index (Phi) is 4.26. The topological polar surface area (TPSA) is 45.2 Å². The Morgan fingerprint density at radius 2 is 1.89 bits per heavy atom. The predicted molar refractivity (Wildman–Crippen MR) is 75.7 cm³/mol. The molecule has 98 valence electrons. The zero-order chi connectivity index (χ0) is 13.7. The molecule has 1 aromatic heterocycles. The molecule has 0 fully saturated rings. The molecule has 1 aromatic carbocycles. The smallest absolute Gasteiger partial charge is 0.246 e. The van der Waals surface area contributed by atoms with Gasteiger partial charge in [0.1, 0.15) is 6.04 Å². The molecule has 0 aliphatic carbocycles. The van der Waals surface area contributed by atoms with Gasteiger partial charge in [-0.25, -0.2) is 0 Å². The van der Waals surface area contributed by atoms with E-state index in [9.17, 15) is 4.79 Å². The van der Waals surface area contributed by atoms with Gasteiger partial charge in [0.15, 0.2) is 0 Å². The normalized spacial score (nSPS) is 12.2. The van der Waals surface area contributed by atoms with E-state index >= 15 is 0 Å². The molecule has 4 heteroatoms. The highest BCUT2D eigenvalue weighted by Crippen LogP contribution is 2.19. The van der Waals surface area contributed by atoms with Crippen molar-refractivity contribution in [2.45, 2.75) is 6.04 Å². The fraction of sp³-hybridized carbons (Fsp3) is 0.200. The highest BCUT2D eigenvalue weighted by atomic mass is 16.2. The second-order valence-corrected chi connectivity index (χ2v) is 4.51. The number of para-hydroxylation sites is 1.